The summed E-state index contributed by atoms with van der Waals surface area (Å²) in [6.07, 6.45) is 18.4. The van der Waals surface area contributed by atoms with E-state index in [-0.39, 0.29) is 0 Å². The fourth-order valence-electron chi connectivity index (χ4n) is 8.32. The Morgan fingerprint density at radius 2 is 0.654 bits per heavy atom. The topological polar surface area (TPSA) is 27.7 Å². The van der Waals surface area contributed by atoms with E-state index in [1.54, 1.807) is 0 Å². The van der Waals surface area contributed by atoms with E-state index in [1.165, 1.54) is 113 Å². The molecule has 290 valence electrons. The number of rotatable bonds is 27. The van der Waals surface area contributed by atoms with Gasteiger partial charge in [-0.3, -0.25) is 0 Å². The molecule has 0 spiro atoms. The molecule has 0 heterocycles. The van der Waals surface area contributed by atoms with E-state index >= 15 is 0 Å². The molecule has 0 saturated carbocycles. The summed E-state index contributed by atoms with van der Waals surface area (Å²) in [5.74, 6) is 5.62. The van der Waals surface area contributed by atoms with E-state index in [0.29, 0.717) is 35.5 Å². The zero-order valence-electron chi connectivity index (χ0n) is 34.7. The first-order chi connectivity index (χ1) is 25.3. The second-order valence-corrected chi connectivity index (χ2v) is 16.5. The van der Waals surface area contributed by atoms with Gasteiger partial charge in [0.05, 0.1) is 0 Å². The Hall–Kier alpha value is -2.51. The zero-order chi connectivity index (χ0) is 37.7. The van der Waals surface area contributed by atoms with Crippen LogP contribution in [0, 0.1) is 17.8 Å². The van der Waals surface area contributed by atoms with Crippen molar-refractivity contribution >= 4 is 8.60 Å². The third-order valence-corrected chi connectivity index (χ3v) is 12.7. The lowest BCUT2D eigenvalue weighted by Gasteiger charge is -2.29. The summed E-state index contributed by atoms with van der Waals surface area (Å²) < 4.78 is 21.1. The van der Waals surface area contributed by atoms with Crippen LogP contribution in [0.3, 0.4) is 0 Å². The predicted octanol–water partition coefficient (Wildman–Crippen LogP) is 16.6. The van der Waals surface area contributed by atoms with Crippen LogP contribution >= 0.6 is 8.60 Å². The summed E-state index contributed by atoms with van der Waals surface area (Å²) in [4.78, 5) is 0. The molecule has 3 nitrogen and oxygen atoms in total. The van der Waals surface area contributed by atoms with Crippen molar-refractivity contribution in [3.05, 3.63) is 89.5 Å². The monoisotopic (exact) mass is 731 g/mol. The molecule has 0 N–H and O–H groups in total. The van der Waals surface area contributed by atoms with Crippen LogP contribution in [-0.4, -0.2) is 0 Å². The molecule has 0 aromatic heterocycles. The van der Waals surface area contributed by atoms with E-state index in [4.69, 9.17) is 13.6 Å². The molecule has 0 radical (unpaired) electrons. The fraction of sp³-hybridized carbons (Fsp3) is 0.625. The third kappa shape index (κ3) is 13.4. The van der Waals surface area contributed by atoms with Crippen LogP contribution < -0.4 is 13.6 Å². The molecule has 0 amide bonds. The number of hydrogen-bond donors (Lipinski definition) is 0. The number of hydrogen-bond acceptors (Lipinski definition) is 3. The van der Waals surface area contributed by atoms with Gasteiger partial charge in [0.15, 0.2) is 0 Å². The highest BCUT2D eigenvalue weighted by molar-refractivity contribution is 7.43. The second kappa shape index (κ2) is 24.7. The summed E-state index contributed by atoms with van der Waals surface area (Å²) in [6.45, 7) is 21.0. The summed E-state index contributed by atoms with van der Waals surface area (Å²) in [6, 6.07) is 25.9. The molecule has 0 saturated heterocycles. The summed E-state index contributed by atoms with van der Waals surface area (Å²) >= 11 is 0. The van der Waals surface area contributed by atoms with Crippen molar-refractivity contribution in [2.45, 2.75) is 176 Å². The first-order valence-electron chi connectivity index (χ1n) is 21.4. The van der Waals surface area contributed by atoms with Gasteiger partial charge in [0.1, 0.15) is 17.2 Å². The Kier molecular flexibility index (Phi) is 20.9. The molecule has 6 atom stereocenters. The summed E-state index contributed by atoms with van der Waals surface area (Å²) in [7, 11) is -1.83. The molecule has 0 aliphatic heterocycles. The molecule has 52 heavy (non-hydrogen) atoms. The normalized spacial score (nSPS) is 15.6. The number of unbranched alkanes of at least 4 members (excludes halogenated alkanes) is 3. The van der Waals surface area contributed by atoms with E-state index in [1.807, 2.05) is 0 Å². The molecule has 3 aromatic carbocycles. The van der Waals surface area contributed by atoms with Crippen LogP contribution in [-0.2, 0) is 0 Å². The van der Waals surface area contributed by atoms with Gasteiger partial charge >= 0.3 is 8.60 Å². The SMILES string of the molecule is CCCCC(CCC)C(C)c1ccccc1OP(Oc1ccccc1C(C)C(CCC)CCCC)Oc1ccccc1C(C)C(CCC)CCCC. The van der Waals surface area contributed by atoms with Crippen LogP contribution in [0.15, 0.2) is 72.8 Å². The van der Waals surface area contributed by atoms with E-state index < -0.39 is 8.60 Å². The minimum Gasteiger partial charge on any atom is -0.408 e. The van der Waals surface area contributed by atoms with Gasteiger partial charge in [-0.15, -0.1) is 0 Å². The minimum absolute atomic E-state index is 0.376. The number of benzene rings is 3. The Labute approximate surface area is 322 Å². The zero-order valence-corrected chi connectivity index (χ0v) is 35.6. The average molecular weight is 731 g/mol. The smallest absolute Gasteiger partial charge is 0.408 e. The van der Waals surface area contributed by atoms with Crippen LogP contribution in [0.2, 0.25) is 0 Å². The van der Waals surface area contributed by atoms with Crippen molar-refractivity contribution < 1.29 is 13.6 Å². The van der Waals surface area contributed by atoms with Gasteiger partial charge in [0, 0.05) is 0 Å². The van der Waals surface area contributed by atoms with Crippen LogP contribution in [0.25, 0.3) is 0 Å². The Bertz CT molecular complexity index is 1210. The van der Waals surface area contributed by atoms with Gasteiger partial charge in [0.25, 0.3) is 0 Å². The highest BCUT2D eigenvalue weighted by Gasteiger charge is 2.30. The van der Waals surface area contributed by atoms with Crippen molar-refractivity contribution in [1.82, 2.24) is 0 Å². The Balaban J connectivity index is 2.08. The van der Waals surface area contributed by atoms with Gasteiger partial charge in [-0.2, -0.15) is 0 Å². The molecule has 0 aliphatic carbocycles. The van der Waals surface area contributed by atoms with Gasteiger partial charge < -0.3 is 13.6 Å². The molecule has 3 aromatic rings. The lowest BCUT2D eigenvalue weighted by Crippen LogP contribution is -2.14. The van der Waals surface area contributed by atoms with Crippen molar-refractivity contribution in [3.63, 3.8) is 0 Å². The van der Waals surface area contributed by atoms with E-state index in [9.17, 15) is 0 Å². The molecule has 4 heteroatoms. The molecule has 0 fully saturated rings. The van der Waals surface area contributed by atoms with Crippen molar-refractivity contribution in [1.29, 1.82) is 0 Å². The van der Waals surface area contributed by atoms with Crippen LogP contribution in [0.1, 0.15) is 193 Å². The fourth-order valence-corrected chi connectivity index (χ4v) is 9.41. The minimum atomic E-state index is -1.83. The van der Waals surface area contributed by atoms with Gasteiger partial charge in [-0.25, -0.2) is 0 Å². The van der Waals surface area contributed by atoms with Gasteiger partial charge in [0.2, 0.25) is 0 Å². The average Bonchev–Trinajstić information content (AvgIpc) is 3.16. The molecule has 3 rings (SSSR count). The molecule has 0 bridgehead atoms. The van der Waals surface area contributed by atoms with Crippen molar-refractivity contribution in [2.75, 3.05) is 0 Å². The van der Waals surface area contributed by atoms with Crippen LogP contribution in [0.5, 0.6) is 17.2 Å². The lowest BCUT2D eigenvalue weighted by atomic mass is 9.81. The maximum Gasteiger partial charge on any atom is 0.530 e. The van der Waals surface area contributed by atoms with E-state index in [2.05, 4.69) is 135 Å². The molecular weight excluding hydrogens is 655 g/mol. The molecule has 6 unspecified atom stereocenters. The third-order valence-electron chi connectivity index (χ3n) is 11.6. The molecule has 0 aliphatic rings. The van der Waals surface area contributed by atoms with Crippen LogP contribution in [0.4, 0.5) is 0 Å². The predicted molar refractivity (Wildman–Crippen MR) is 227 cm³/mol. The van der Waals surface area contributed by atoms with Gasteiger partial charge in [-0.05, 0) is 89.7 Å². The van der Waals surface area contributed by atoms with Crippen molar-refractivity contribution in [2.24, 2.45) is 17.8 Å². The first-order valence-corrected chi connectivity index (χ1v) is 22.5. The lowest BCUT2D eigenvalue weighted by molar-refractivity contribution is 0.344. The first kappa shape index (κ1) is 43.9. The summed E-state index contributed by atoms with van der Waals surface area (Å²) in [5.41, 5.74) is 3.76. The second-order valence-electron chi connectivity index (χ2n) is 15.5. The standard InChI is InChI=1S/C48H75O3P/c1-10-16-28-40(25-13-4)37(7)43-31-19-22-34-46(43)49-52(50-47-35-23-20-32-44(47)38(8)41(26-14-5)29-17-11-2)51-48-36-24-21-33-45(48)39(9)42(27-15-6)30-18-12-3/h19-24,31-42H,10-18,25-30H2,1-9H3. The highest BCUT2D eigenvalue weighted by Crippen LogP contribution is 2.50. The summed E-state index contributed by atoms with van der Waals surface area (Å²) in [5, 5.41) is 0. The number of para-hydroxylation sites is 3. The van der Waals surface area contributed by atoms with Crippen molar-refractivity contribution in [3.8, 4) is 17.2 Å². The van der Waals surface area contributed by atoms with Gasteiger partial charge in [-0.1, -0.05) is 194 Å². The Morgan fingerprint density at radius 1 is 0.385 bits per heavy atom. The largest absolute Gasteiger partial charge is 0.530 e. The maximum atomic E-state index is 7.04. The quantitative estimate of drug-likeness (QED) is 0.0731. The highest BCUT2D eigenvalue weighted by atomic mass is 31.2. The molecular formula is C48H75O3P. The Morgan fingerprint density at radius 3 is 0.904 bits per heavy atom. The van der Waals surface area contributed by atoms with E-state index in [0.717, 1.165) is 17.2 Å². The maximum absolute atomic E-state index is 7.04.